The first kappa shape index (κ1) is 32.5. The highest BCUT2D eigenvalue weighted by atomic mass is 19.2. The summed E-state index contributed by atoms with van der Waals surface area (Å²) in [6.07, 6.45) is -4.34. The number of aromatic nitrogens is 1. The molecule has 2 aliphatic heterocycles. The fourth-order valence-electron chi connectivity index (χ4n) is 4.68. The zero-order chi connectivity index (χ0) is 32.5. The van der Waals surface area contributed by atoms with Crippen LogP contribution in [0.2, 0.25) is 0 Å². The van der Waals surface area contributed by atoms with Crippen LogP contribution in [0.4, 0.5) is 22.0 Å². The number of pyridine rings is 1. The Kier molecular flexibility index (Phi) is 9.68. The summed E-state index contributed by atoms with van der Waals surface area (Å²) in [6, 6.07) is -2.56. The van der Waals surface area contributed by atoms with Gasteiger partial charge in [-0.3, -0.25) is 19.2 Å². The molecule has 7 unspecified atom stereocenters. The molecule has 2 saturated heterocycles. The molecule has 1 aromatic heterocycles. The summed E-state index contributed by atoms with van der Waals surface area (Å²) >= 11 is 0. The number of amides is 3. The third-order valence-electron chi connectivity index (χ3n) is 7.36. The van der Waals surface area contributed by atoms with E-state index in [0.29, 0.717) is 6.42 Å². The lowest BCUT2D eigenvalue weighted by atomic mass is 9.91. The number of carbonyl (C=O) groups excluding carboxylic acids is 4. The summed E-state index contributed by atoms with van der Waals surface area (Å²) < 4.78 is 81.4. The van der Waals surface area contributed by atoms with E-state index < -0.39 is 119 Å². The Morgan fingerprint density at radius 1 is 1.02 bits per heavy atom. The maximum atomic E-state index is 14.6. The van der Waals surface area contributed by atoms with Crippen molar-refractivity contribution in [1.29, 1.82) is 0 Å². The van der Waals surface area contributed by atoms with E-state index >= 15 is 0 Å². The molecule has 7 atom stereocenters. The summed E-state index contributed by atoms with van der Waals surface area (Å²) in [6.45, 7) is 2.57. The number of benzene rings is 1. The van der Waals surface area contributed by atoms with Gasteiger partial charge in [0.15, 0.2) is 29.0 Å². The molecule has 5 N–H and O–H groups in total. The van der Waals surface area contributed by atoms with Crippen molar-refractivity contribution in [3.8, 4) is 5.75 Å². The van der Waals surface area contributed by atoms with Crippen LogP contribution in [0.5, 0.6) is 5.75 Å². The molecular formula is C27H27F5N4O8. The number of cyclic esters (lactones) is 1. The van der Waals surface area contributed by atoms with Crippen molar-refractivity contribution in [2.45, 2.75) is 63.1 Å². The lowest BCUT2D eigenvalue weighted by Crippen LogP contribution is -2.63. The fourth-order valence-corrected chi connectivity index (χ4v) is 4.68. The highest BCUT2D eigenvalue weighted by Gasteiger charge is 2.43. The molecule has 238 valence electrons. The number of aromatic hydroxyl groups is 1. The normalized spacial score (nSPS) is 28.0. The minimum atomic E-state index is -2.43. The number of esters is 1. The predicted molar refractivity (Wildman–Crippen MR) is 136 cm³/mol. The molecule has 17 heteroatoms. The number of ether oxygens (including phenoxy) is 2. The summed E-state index contributed by atoms with van der Waals surface area (Å²) in [5.74, 6) is -18.1. The molecule has 2 aromatic rings. The zero-order valence-corrected chi connectivity index (χ0v) is 23.1. The number of hydrogen-bond donors (Lipinski definition) is 5. The average molecular weight is 631 g/mol. The molecule has 0 saturated carbocycles. The van der Waals surface area contributed by atoms with Crippen molar-refractivity contribution in [1.82, 2.24) is 20.9 Å². The standard InChI is InChI=1S/C27H27F5N4O8/c1-9-22(38)12(8-11-15(28)17(30)19(32)18(31)16(11)29)35-24(39)20(36-25(40)21-13(37)4-3-6-33-21)10(2)34-26(41)23(44-27(9)42)14-5-7-43-14/h3-4,6,9-10,12,14,20,22-23,37-38H,5,7-8H2,1-2H3,(H,34,41)(H,35,39)(H,36,40). The predicted octanol–water partition coefficient (Wildman–Crippen LogP) is 0.525. The number of nitrogens with zero attached hydrogens (tertiary/aromatic N) is 1. The van der Waals surface area contributed by atoms with Gasteiger partial charge in [-0.1, -0.05) is 0 Å². The Morgan fingerprint density at radius 3 is 2.20 bits per heavy atom. The number of aliphatic hydroxyl groups is 1. The Bertz CT molecular complexity index is 1450. The summed E-state index contributed by atoms with van der Waals surface area (Å²) in [5, 5.41) is 28.0. The first-order valence-electron chi connectivity index (χ1n) is 13.3. The molecule has 0 bridgehead atoms. The van der Waals surface area contributed by atoms with E-state index in [1.165, 1.54) is 13.0 Å². The molecule has 4 rings (SSSR count). The van der Waals surface area contributed by atoms with Gasteiger partial charge in [-0.15, -0.1) is 0 Å². The largest absolute Gasteiger partial charge is 0.505 e. The quantitative estimate of drug-likeness (QED) is 0.137. The van der Waals surface area contributed by atoms with Gasteiger partial charge in [0.1, 0.15) is 17.9 Å². The van der Waals surface area contributed by atoms with Crippen LogP contribution in [0.25, 0.3) is 0 Å². The smallest absolute Gasteiger partial charge is 0.312 e. The Morgan fingerprint density at radius 2 is 1.64 bits per heavy atom. The number of aliphatic hydroxyl groups excluding tert-OH is 1. The third kappa shape index (κ3) is 6.42. The van der Waals surface area contributed by atoms with Gasteiger partial charge < -0.3 is 35.6 Å². The Hall–Kier alpha value is -4.38. The van der Waals surface area contributed by atoms with Gasteiger partial charge in [-0.25, -0.2) is 26.9 Å². The monoisotopic (exact) mass is 630 g/mol. The minimum absolute atomic E-state index is 0.235. The molecule has 0 spiro atoms. The lowest BCUT2D eigenvalue weighted by Gasteiger charge is -2.37. The second-order valence-electron chi connectivity index (χ2n) is 10.3. The number of rotatable bonds is 5. The zero-order valence-electron chi connectivity index (χ0n) is 23.1. The van der Waals surface area contributed by atoms with Crippen molar-refractivity contribution < 1.29 is 60.8 Å². The van der Waals surface area contributed by atoms with Crippen LogP contribution in [0.1, 0.15) is 36.3 Å². The van der Waals surface area contributed by atoms with Gasteiger partial charge in [0.25, 0.3) is 11.8 Å². The number of nitrogens with one attached hydrogen (secondary N) is 3. The van der Waals surface area contributed by atoms with Gasteiger partial charge in [0.05, 0.1) is 24.1 Å². The molecule has 0 radical (unpaired) electrons. The highest BCUT2D eigenvalue weighted by molar-refractivity contribution is 5.98. The van der Waals surface area contributed by atoms with Crippen molar-refractivity contribution in [2.24, 2.45) is 5.92 Å². The van der Waals surface area contributed by atoms with Crippen LogP contribution in [-0.2, 0) is 30.3 Å². The summed E-state index contributed by atoms with van der Waals surface area (Å²) in [7, 11) is 0. The molecule has 3 heterocycles. The van der Waals surface area contributed by atoms with E-state index in [9.17, 15) is 51.3 Å². The van der Waals surface area contributed by atoms with E-state index in [1.807, 2.05) is 0 Å². The number of carbonyl (C=O) groups is 4. The van der Waals surface area contributed by atoms with Crippen molar-refractivity contribution in [3.05, 3.63) is 58.7 Å². The highest BCUT2D eigenvalue weighted by Crippen LogP contribution is 2.27. The number of halogens is 5. The van der Waals surface area contributed by atoms with Gasteiger partial charge >= 0.3 is 5.97 Å². The summed E-state index contributed by atoms with van der Waals surface area (Å²) in [4.78, 5) is 56.3. The van der Waals surface area contributed by atoms with Crippen LogP contribution >= 0.6 is 0 Å². The van der Waals surface area contributed by atoms with E-state index in [2.05, 4.69) is 20.9 Å². The molecule has 2 aliphatic rings. The molecule has 1 aromatic carbocycles. The van der Waals surface area contributed by atoms with Gasteiger partial charge in [0, 0.05) is 31.2 Å². The Balaban J connectivity index is 1.75. The Labute approximate surface area is 245 Å². The van der Waals surface area contributed by atoms with Crippen molar-refractivity contribution >= 4 is 23.7 Å². The van der Waals surface area contributed by atoms with Crippen LogP contribution in [0.15, 0.2) is 18.3 Å². The van der Waals surface area contributed by atoms with Crippen LogP contribution in [-0.4, -0.2) is 81.9 Å². The maximum absolute atomic E-state index is 14.6. The van der Waals surface area contributed by atoms with Gasteiger partial charge in [0.2, 0.25) is 17.8 Å². The van der Waals surface area contributed by atoms with E-state index in [-0.39, 0.29) is 6.61 Å². The maximum Gasteiger partial charge on any atom is 0.312 e. The first-order valence-corrected chi connectivity index (χ1v) is 13.3. The van der Waals surface area contributed by atoms with E-state index in [1.54, 1.807) is 0 Å². The van der Waals surface area contributed by atoms with Crippen LogP contribution in [0, 0.1) is 35.0 Å². The topological polar surface area (TPSA) is 176 Å². The van der Waals surface area contributed by atoms with E-state index in [0.717, 1.165) is 19.2 Å². The second-order valence-corrected chi connectivity index (χ2v) is 10.3. The molecule has 44 heavy (non-hydrogen) atoms. The van der Waals surface area contributed by atoms with Gasteiger partial charge in [-0.05, 0) is 26.0 Å². The van der Waals surface area contributed by atoms with Crippen LogP contribution in [0.3, 0.4) is 0 Å². The van der Waals surface area contributed by atoms with Gasteiger partial charge in [-0.2, -0.15) is 0 Å². The third-order valence-corrected chi connectivity index (χ3v) is 7.36. The number of hydrogen-bond acceptors (Lipinski definition) is 9. The molecule has 3 amide bonds. The van der Waals surface area contributed by atoms with Crippen LogP contribution < -0.4 is 16.0 Å². The van der Waals surface area contributed by atoms with Crippen molar-refractivity contribution in [2.75, 3.05) is 6.61 Å². The SMILES string of the molecule is CC1NC(=O)C(C2CCO2)OC(=O)C(C)C(O)C(Cc2c(F)c(F)c(F)c(F)c2F)NC(=O)C1NC(=O)c1ncccc1O. The fraction of sp³-hybridized carbons (Fsp3) is 0.444. The molecule has 0 aliphatic carbocycles. The molecule has 2 fully saturated rings. The second kappa shape index (κ2) is 13.1. The first-order chi connectivity index (χ1) is 20.7. The van der Waals surface area contributed by atoms with E-state index in [4.69, 9.17) is 9.47 Å². The molecular weight excluding hydrogens is 603 g/mol. The minimum Gasteiger partial charge on any atom is -0.505 e. The summed E-state index contributed by atoms with van der Waals surface area (Å²) in [5.41, 5.74) is -1.93. The average Bonchev–Trinajstić information content (AvgIpc) is 2.96. The lowest BCUT2D eigenvalue weighted by molar-refractivity contribution is -0.184. The van der Waals surface area contributed by atoms with Crippen molar-refractivity contribution in [3.63, 3.8) is 0 Å². The molecule has 12 nitrogen and oxygen atoms in total.